The molecule has 0 aromatic heterocycles. The molecule has 0 aliphatic carbocycles. The highest BCUT2D eigenvalue weighted by molar-refractivity contribution is 7.87. The van der Waals surface area contributed by atoms with Gasteiger partial charge < -0.3 is 9.11 Å². The van der Waals surface area contributed by atoms with Gasteiger partial charge in [0, 0.05) is 0 Å². The van der Waals surface area contributed by atoms with Crippen molar-refractivity contribution in [1.29, 1.82) is 0 Å². The predicted octanol–water partition coefficient (Wildman–Crippen LogP) is 8.73. The summed E-state index contributed by atoms with van der Waals surface area (Å²) in [5, 5.41) is -14.2. The van der Waals surface area contributed by atoms with E-state index in [0.717, 1.165) is 0 Å². The van der Waals surface area contributed by atoms with E-state index in [9.17, 15) is 105 Å². The molecule has 0 aliphatic rings. The average Bonchev–Trinajstić information content (AvgIpc) is 3.22. The zero-order chi connectivity index (χ0) is 60.3. The molecule has 0 unspecified atom stereocenters. The van der Waals surface area contributed by atoms with Crippen LogP contribution in [0, 0.1) is 14.3 Å². The second kappa shape index (κ2) is 23.9. The second-order valence-corrected chi connectivity index (χ2v) is 29.4. The molecule has 76 heavy (non-hydrogen) atoms. The molecule has 28 heteroatoms. The van der Waals surface area contributed by atoms with Crippen LogP contribution < -0.4 is 42.4 Å². The molecule has 0 heterocycles. The number of hydrogen-bond acceptors (Lipinski definition) is 6. The highest BCUT2D eigenvalue weighted by Crippen LogP contribution is 2.55. The minimum atomic E-state index is -7.43. The highest BCUT2D eigenvalue weighted by atomic mass is 127. The molecule has 4 aromatic carbocycles. The highest BCUT2D eigenvalue weighted by Gasteiger charge is 2.85. The van der Waals surface area contributed by atoms with Crippen molar-refractivity contribution in [3.8, 4) is 0 Å². The Hall–Kier alpha value is -3.10. The number of halogens is 20. The van der Waals surface area contributed by atoms with Gasteiger partial charge in [0.05, 0.1) is 0 Å². The SMILES string of the molecule is CC(C)(C)c1ccc([I+]c2ccc(C(C)(C)C)cc2)cc1.CC(C)(C)c1ccc([I+]c2ccc(C(C)(C)C)cc2)cc1.O=S(=O)([O-])C(F)(F)C(F)(F)C(F)(F)C(F)(F)F.O=S(=O)([O-])C(F)(F)C(F)(F)C(F)(F)C(F)(F)F. The van der Waals surface area contributed by atoms with E-state index < -0.39 is 66.8 Å². The predicted molar refractivity (Wildman–Crippen MR) is 237 cm³/mol. The third kappa shape index (κ3) is 17.4. The van der Waals surface area contributed by atoms with Crippen molar-refractivity contribution in [2.75, 3.05) is 0 Å². The van der Waals surface area contributed by atoms with Gasteiger partial charge in [0.15, 0.2) is 34.5 Å². The molecule has 432 valence electrons. The largest absolute Gasteiger partial charge is 0.743 e. The first-order valence-electron chi connectivity index (χ1n) is 21.4. The minimum absolute atomic E-state index is 0.0703. The first kappa shape index (κ1) is 70.9. The van der Waals surface area contributed by atoms with Gasteiger partial charge in [-0.05, 0) is 92.4 Å². The lowest BCUT2D eigenvalue weighted by molar-refractivity contribution is -0.597. The molecule has 0 radical (unpaired) electrons. The van der Waals surface area contributed by atoms with Crippen molar-refractivity contribution < 1.29 is 147 Å². The number of alkyl halides is 18. The van der Waals surface area contributed by atoms with Crippen LogP contribution in [0.15, 0.2) is 97.1 Å². The van der Waals surface area contributed by atoms with Crippen LogP contribution in [0.25, 0.3) is 0 Å². The average molecular weight is 1380 g/mol. The van der Waals surface area contributed by atoms with Crippen LogP contribution in [0.2, 0.25) is 0 Å². The third-order valence-corrected chi connectivity index (χ3v) is 17.3. The maximum absolute atomic E-state index is 12.2. The Morgan fingerprint density at radius 3 is 0.539 bits per heavy atom. The van der Waals surface area contributed by atoms with E-state index in [1.54, 1.807) is 0 Å². The Labute approximate surface area is 449 Å². The fraction of sp³-hybridized carbons (Fsp3) is 0.500. The van der Waals surface area contributed by atoms with E-state index in [1.807, 2.05) is 0 Å². The second-order valence-electron chi connectivity index (χ2n) is 20.5. The fourth-order valence-corrected chi connectivity index (χ4v) is 10.5. The quantitative estimate of drug-likeness (QED) is 0.0893. The van der Waals surface area contributed by atoms with Crippen LogP contribution in [0.5, 0.6) is 0 Å². The summed E-state index contributed by atoms with van der Waals surface area (Å²) in [7, 11) is -14.8. The van der Waals surface area contributed by atoms with Crippen LogP contribution in [-0.2, 0) is 41.9 Å². The molecule has 0 amide bonds. The Morgan fingerprint density at radius 1 is 0.289 bits per heavy atom. The van der Waals surface area contributed by atoms with Crippen LogP contribution >= 0.6 is 0 Å². The Morgan fingerprint density at radius 2 is 0.434 bits per heavy atom. The zero-order valence-electron chi connectivity index (χ0n) is 42.1. The van der Waals surface area contributed by atoms with Crippen LogP contribution in [-0.4, -0.2) is 72.5 Å². The monoisotopic (exact) mass is 1380 g/mol. The lowest BCUT2D eigenvalue weighted by Crippen LogP contribution is -3.61. The summed E-state index contributed by atoms with van der Waals surface area (Å²) in [4.78, 5) is 0. The van der Waals surface area contributed by atoms with E-state index in [0.29, 0.717) is 0 Å². The van der Waals surface area contributed by atoms with Crippen molar-refractivity contribution in [3.63, 3.8) is 0 Å². The normalized spacial score (nSPS) is 14.1. The smallest absolute Gasteiger partial charge is 0.460 e. The van der Waals surface area contributed by atoms with Crippen molar-refractivity contribution in [2.24, 2.45) is 0 Å². The molecule has 0 fully saturated rings. The van der Waals surface area contributed by atoms with Crippen molar-refractivity contribution in [1.82, 2.24) is 0 Å². The molecule has 4 rings (SSSR count). The molecular weight excluding hydrogens is 1330 g/mol. The summed E-state index contributed by atoms with van der Waals surface area (Å²) in [6, 6.07) is 36.8. The van der Waals surface area contributed by atoms with Crippen LogP contribution in [0.1, 0.15) is 105 Å². The summed E-state index contributed by atoms with van der Waals surface area (Å²) < 4.78 is 277. The number of rotatable bonds is 10. The Bertz CT molecular complexity index is 2440. The lowest BCUT2D eigenvalue weighted by Gasteiger charge is -2.34. The summed E-state index contributed by atoms with van der Waals surface area (Å²) in [6.45, 7) is 27.2. The van der Waals surface area contributed by atoms with Gasteiger partial charge in [-0.25, -0.2) is 16.8 Å². The maximum atomic E-state index is 12.2. The van der Waals surface area contributed by atoms with E-state index in [4.69, 9.17) is 0 Å². The van der Waals surface area contributed by atoms with Crippen molar-refractivity contribution in [2.45, 2.75) is 151 Å². The van der Waals surface area contributed by atoms with Gasteiger partial charge in [-0.15, -0.1) is 0 Å². The zero-order valence-corrected chi connectivity index (χ0v) is 48.0. The van der Waals surface area contributed by atoms with Gasteiger partial charge in [0.1, 0.15) is 0 Å². The van der Waals surface area contributed by atoms with E-state index in [-0.39, 0.29) is 64.1 Å². The third-order valence-electron chi connectivity index (χ3n) is 10.1. The first-order chi connectivity index (χ1) is 33.3. The summed E-state index contributed by atoms with van der Waals surface area (Å²) >= 11 is -0.141. The molecule has 0 saturated carbocycles. The topological polar surface area (TPSA) is 114 Å². The van der Waals surface area contributed by atoms with E-state index in [1.165, 1.54) is 36.5 Å². The Kier molecular flexibility index (Phi) is 22.3. The molecule has 0 saturated heterocycles. The maximum Gasteiger partial charge on any atom is 0.460 e. The standard InChI is InChI=1S/2C20H26I.2C4HF9O3S/c2*1-19(2,3)15-7-11-17(12-8-15)21-18-13-9-16(10-14-18)20(4,5)6;2*5-1(6,3(9,10)11)2(7,8)4(12,13)17(14,15)16/h2*7-14H,1-6H3;2*(H,14,15,16)/q2*+1;;/p-2. The molecule has 0 bridgehead atoms. The fourth-order valence-electron chi connectivity index (χ4n) is 5.34. The summed E-state index contributed by atoms with van der Waals surface area (Å²) in [5.41, 5.74) is 6.63. The molecule has 0 N–H and O–H groups in total. The summed E-state index contributed by atoms with van der Waals surface area (Å²) in [5.74, 6) is -29.6. The van der Waals surface area contributed by atoms with E-state index in [2.05, 4.69) is 180 Å². The van der Waals surface area contributed by atoms with Gasteiger partial charge in [-0.1, -0.05) is 132 Å². The molecular formula is C48H52F18I2O6S2. The lowest BCUT2D eigenvalue weighted by atomic mass is 9.87. The van der Waals surface area contributed by atoms with Crippen molar-refractivity contribution >= 4 is 20.2 Å². The van der Waals surface area contributed by atoms with Gasteiger partial charge in [-0.2, -0.15) is 79.0 Å². The molecule has 0 spiro atoms. The number of benzene rings is 4. The molecule has 0 atom stereocenters. The van der Waals surface area contributed by atoms with Gasteiger partial charge in [0.25, 0.3) is 0 Å². The molecule has 0 aliphatic heterocycles. The van der Waals surface area contributed by atoms with Crippen LogP contribution in [0.3, 0.4) is 0 Å². The number of hydrogen-bond donors (Lipinski definition) is 0. The van der Waals surface area contributed by atoms with Crippen LogP contribution in [0.4, 0.5) is 79.0 Å². The minimum Gasteiger partial charge on any atom is -0.743 e. The van der Waals surface area contributed by atoms with E-state index >= 15 is 0 Å². The first-order valence-corrected chi connectivity index (χ1v) is 28.5. The summed E-state index contributed by atoms with van der Waals surface area (Å²) in [6.07, 6.45) is -14.3. The van der Waals surface area contributed by atoms with Gasteiger partial charge in [0.2, 0.25) is 0 Å². The Balaban J connectivity index is 0.000000510. The van der Waals surface area contributed by atoms with Crippen molar-refractivity contribution in [3.05, 3.63) is 134 Å². The molecule has 4 aromatic rings. The molecule has 6 nitrogen and oxygen atoms in total. The van der Waals surface area contributed by atoms with Gasteiger partial charge >= 0.3 is 89.0 Å². The van der Waals surface area contributed by atoms with Gasteiger partial charge in [-0.3, -0.25) is 0 Å².